The predicted octanol–water partition coefficient (Wildman–Crippen LogP) is 3.70. The second-order valence-corrected chi connectivity index (χ2v) is 7.06. The largest absolute Gasteiger partial charge is 0.402 e. The van der Waals surface area contributed by atoms with Crippen LogP contribution >= 0.6 is 11.6 Å². The Morgan fingerprint density at radius 3 is 2.29 bits per heavy atom. The summed E-state index contributed by atoms with van der Waals surface area (Å²) in [7, 11) is -4.24. The Balaban J connectivity index is 3.37. The summed E-state index contributed by atoms with van der Waals surface area (Å²) < 4.78 is 63.4. The molecule has 0 aromatic heterocycles. The first kappa shape index (κ1) is 18.3. The van der Waals surface area contributed by atoms with Gasteiger partial charge in [-0.3, -0.25) is 0 Å². The molecule has 3 nitrogen and oxygen atoms in total. The molecule has 0 fully saturated rings. The van der Waals surface area contributed by atoms with Crippen molar-refractivity contribution in [1.29, 1.82) is 0 Å². The zero-order chi connectivity index (χ0) is 16.4. The first-order chi connectivity index (χ1) is 9.50. The summed E-state index contributed by atoms with van der Waals surface area (Å²) in [5, 5.41) is 0. The number of halogens is 4. The van der Waals surface area contributed by atoms with E-state index in [4.69, 9.17) is 11.6 Å². The first-order valence-corrected chi connectivity index (χ1v) is 8.21. The lowest BCUT2D eigenvalue weighted by atomic mass is 10.1. The molecule has 0 heterocycles. The van der Waals surface area contributed by atoms with Gasteiger partial charge in [-0.05, 0) is 38.0 Å². The number of rotatable bonds is 5. The average molecular weight is 344 g/mol. The number of benzene rings is 1. The van der Waals surface area contributed by atoms with Crippen LogP contribution in [0.5, 0.6) is 0 Å². The highest BCUT2D eigenvalue weighted by Gasteiger charge is 2.39. The number of nitrogens with zero attached hydrogens (tertiary/aromatic N) is 1. The van der Waals surface area contributed by atoms with Crippen molar-refractivity contribution in [3.63, 3.8) is 0 Å². The Hall–Kier alpha value is -0.790. The van der Waals surface area contributed by atoms with Crippen LogP contribution in [0.15, 0.2) is 23.1 Å². The maximum absolute atomic E-state index is 12.6. The van der Waals surface area contributed by atoms with Gasteiger partial charge in [0.25, 0.3) is 0 Å². The zero-order valence-electron chi connectivity index (χ0n) is 11.9. The fraction of sp³-hybridized carbons (Fsp3) is 0.538. The van der Waals surface area contributed by atoms with Crippen molar-refractivity contribution in [3.05, 3.63) is 29.3 Å². The highest BCUT2D eigenvalue weighted by atomic mass is 35.5. The third-order valence-electron chi connectivity index (χ3n) is 3.04. The third-order valence-corrected chi connectivity index (χ3v) is 5.49. The molecule has 8 heteroatoms. The lowest BCUT2D eigenvalue weighted by Crippen LogP contribution is -2.43. The Kier molecular flexibility index (Phi) is 5.69. The van der Waals surface area contributed by atoms with Gasteiger partial charge in [0.2, 0.25) is 10.0 Å². The van der Waals surface area contributed by atoms with E-state index in [9.17, 15) is 21.6 Å². The van der Waals surface area contributed by atoms with Gasteiger partial charge in [-0.25, -0.2) is 8.42 Å². The SMILES string of the molecule is Cc1c(CCl)cccc1S(=O)(=O)N(CC(F)(F)F)C(C)C. The second-order valence-electron chi connectivity index (χ2n) is 4.93. The third kappa shape index (κ3) is 4.34. The molecular weight excluding hydrogens is 327 g/mol. The minimum atomic E-state index is -4.60. The van der Waals surface area contributed by atoms with Crippen molar-refractivity contribution in [2.45, 2.75) is 43.8 Å². The highest BCUT2D eigenvalue weighted by molar-refractivity contribution is 7.89. The van der Waals surface area contributed by atoms with Gasteiger partial charge in [0, 0.05) is 11.9 Å². The molecule has 0 saturated heterocycles. The van der Waals surface area contributed by atoms with E-state index in [1.165, 1.54) is 32.9 Å². The predicted molar refractivity (Wildman–Crippen MR) is 75.8 cm³/mol. The summed E-state index contributed by atoms with van der Waals surface area (Å²) in [6.07, 6.45) is -4.60. The van der Waals surface area contributed by atoms with Crippen LogP contribution in [0.2, 0.25) is 0 Å². The summed E-state index contributed by atoms with van der Waals surface area (Å²) in [4.78, 5) is -0.140. The van der Waals surface area contributed by atoms with E-state index >= 15 is 0 Å². The topological polar surface area (TPSA) is 37.4 Å². The van der Waals surface area contributed by atoms with Crippen molar-refractivity contribution in [2.24, 2.45) is 0 Å². The molecule has 0 bridgehead atoms. The number of sulfonamides is 1. The molecule has 1 rings (SSSR count). The molecule has 0 N–H and O–H groups in total. The van der Waals surface area contributed by atoms with Gasteiger partial charge in [0.15, 0.2) is 0 Å². The summed E-state index contributed by atoms with van der Waals surface area (Å²) in [5.41, 5.74) is 0.953. The normalized spacial score (nSPS) is 13.2. The fourth-order valence-electron chi connectivity index (χ4n) is 1.93. The second kappa shape index (κ2) is 6.54. The van der Waals surface area contributed by atoms with Gasteiger partial charge in [-0.1, -0.05) is 12.1 Å². The van der Waals surface area contributed by atoms with Crippen LogP contribution in [0.25, 0.3) is 0 Å². The van der Waals surface area contributed by atoms with Gasteiger partial charge in [-0.2, -0.15) is 17.5 Å². The van der Waals surface area contributed by atoms with Gasteiger partial charge in [0.05, 0.1) is 4.90 Å². The Morgan fingerprint density at radius 2 is 1.86 bits per heavy atom. The standard InChI is InChI=1S/C13H17ClF3NO2S/c1-9(2)18(8-13(15,16)17)21(19,20)12-6-4-5-11(7-14)10(12)3/h4-6,9H,7-8H2,1-3H3. The van der Waals surface area contributed by atoms with E-state index in [0.29, 0.717) is 15.4 Å². The summed E-state index contributed by atoms with van der Waals surface area (Å²) in [5.74, 6) is 0.0934. The van der Waals surface area contributed by atoms with Gasteiger partial charge in [-0.15, -0.1) is 11.6 Å². The summed E-state index contributed by atoms with van der Waals surface area (Å²) in [6, 6.07) is 3.61. The maximum atomic E-state index is 12.6. The molecule has 0 aliphatic rings. The zero-order valence-corrected chi connectivity index (χ0v) is 13.5. The molecule has 0 spiro atoms. The van der Waals surface area contributed by atoms with Crippen LogP contribution in [0, 0.1) is 6.92 Å². The lowest BCUT2D eigenvalue weighted by Gasteiger charge is -2.27. The van der Waals surface area contributed by atoms with E-state index in [1.54, 1.807) is 6.07 Å². The smallest absolute Gasteiger partial charge is 0.207 e. The number of hydrogen-bond donors (Lipinski definition) is 0. The minimum absolute atomic E-state index is 0.0934. The van der Waals surface area contributed by atoms with Crippen molar-refractivity contribution < 1.29 is 21.6 Å². The molecule has 21 heavy (non-hydrogen) atoms. The average Bonchev–Trinajstić information content (AvgIpc) is 2.34. The molecule has 0 unspecified atom stereocenters. The molecule has 0 radical (unpaired) electrons. The van der Waals surface area contributed by atoms with Gasteiger partial charge >= 0.3 is 6.18 Å². The molecule has 0 aliphatic heterocycles. The molecule has 0 atom stereocenters. The molecule has 1 aromatic carbocycles. The Labute approximate surface area is 127 Å². The maximum Gasteiger partial charge on any atom is 0.402 e. The Bertz CT molecular complexity index is 600. The van der Waals surface area contributed by atoms with Crippen LogP contribution in [0.3, 0.4) is 0 Å². The monoisotopic (exact) mass is 343 g/mol. The quantitative estimate of drug-likeness (QED) is 0.764. The van der Waals surface area contributed by atoms with E-state index in [1.807, 2.05) is 0 Å². The van der Waals surface area contributed by atoms with Crippen molar-refractivity contribution in [2.75, 3.05) is 6.54 Å². The molecular formula is C13H17ClF3NO2S. The van der Waals surface area contributed by atoms with Crippen LogP contribution < -0.4 is 0 Å². The van der Waals surface area contributed by atoms with Crippen LogP contribution in [0.4, 0.5) is 13.2 Å². The lowest BCUT2D eigenvalue weighted by molar-refractivity contribution is -0.138. The van der Waals surface area contributed by atoms with Gasteiger partial charge in [0.1, 0.15) is 6.54 Å². The minimum Gasteiger partial charge on any atom is -0.207 e. The first-order valence-electron chi connectivity index (χ1n) is 6.23. The molecule has 120 valence electrons. The Morgan fingerprint density at radius 1 is 1.29 bits per heavy atom. The van der Waals surface area contributed by atoms with Crippen molar-refractivity contribution in [3.8, 4) is 0 Å². The molecule has 0 aliphatic carbocycles. The number of alkyl halides is 4. The summed E-state index contributed by atoms with van der Waals surface area (Å²) >= 11 is 5.71. The van der Waals surface area contributed by atoms with Crippen LogP contribution in [-0.2, 0) is 15.9 Å². The molecule has 1 aromatic rings. The highest BCUT2D eigenvalue weighted by Crippen LogP contribution is 2.28. The van der Waals surface area contributed by atoms with Crippen molar-refractivity contribution >= 4 is 21.6 Å². The van der Waals surface area contributed by atoms with E-state index in [2.05, 4.69) is 0 Å². The van der Waals surface area contributed by atoms with Gasteiger partial charge < -0.3 is 0 Å². The van der Waals surface area contributed by atoms with E-state index < -0.39 is 28.8 Å². The molecule has 0 saturated carbocycles. The van der Waals surface area contributed by atoms with Crippen LogP contribution in [-0.4, -0.2) is 31.5 Å². The van der Waals surface area contributed by atoms with Crippen LogP contribution in [0.1, 0.15) is 25.0 Å². The molecule has 0 amide bonds. The fourth-order valence-corrected chi connectivity index (χ4v) is 4.11. The number of hydrogen-bond acceptors (Lipinski definition) is 2. The van der Waals surface area contributed by atoms with Crippen molar-refractivity contribution in [1.82, 2.24) is 4.31 Å². The summed E-state index contributed by atoms with van der Waals surface area (Å²) in [6.45, 7) is 2.84. The van der Waals surface area contributed by atoms with E-state index in [0.717, 1.165) is 0 Å². The van der Waals surface area contributed by atoms with E-state index in [-0.39, 0.29) is 10.8 Å².